The van der Waals surface area contributed by atoms with Crippen LogP contribution in [0.5, 0.6) is 5.75 Å². The van der Waals surface area contributed by atoms with Crippen molar-refractivity contribution in [3.8, 4) is 5.75 Å². The number of amides is 2. The minimum Gasteiger partial charge on any atom is -0.497 e. The molecule has 3 rings (SSSR count). The fourth-order valence-corrected chi connectivity index (χ4v) is 6.19. The Hall–Kier alpha value is -3.27. The number of sulfonamides is 1. The second-order valence-corrected chi connectivity index (χ2v) is 12.7. The summed E-state index contributed by atoms with van der Waals surface area (Å²) in [6.07, 6.45) is 1.01. The molecule has 42 heavy (non-hydrogen) atoms. The number of ether oxygens (including phenoxy) is 1. The normalized spacial score (nSPS) is 12.7. The van der Waals surface area contributed by atoms with Gasteiger partial charge in [0.1, 0.15) is 18.3 Å². The van der Waals surface area contributed by atoms with Gasteiger partial charge in [0, 0.05) is 22.6 Å². The summed E-state index contributed by atoms with van der Waals surface area (Å²) in [6, 6.07) is 16.7. The first-order valence-electron chi connectivity index (χ1n) is 13.7. The van der Waals surface area contributed by atoms with Crippen LogP contribution in [-0.4, -0.2) is 50.9 Å². The highest BCUT2D eigenvalue weighted by atomic mass is 35.5. The highest BCUT2D eigenvalue weighted by Crippen LogP contribution is 2.28. The summed E-state index contributed by atoms with van der Waals surface area (Å²) in [5.74, 6) is -0.397. The van der Waals surface area contributed by atoms with Gasteiger partial charge in [-0.25, -0.2) is 8.42 Å². The smallest absolute Gasteiger partial charge is 0.264 e. The standard InChI is InChI=1S/C31H37Cl2N3O5S/c1-6-22(4)34-31(38)29(7-2)35(19-23-10-11-24(32)18-28(23)33)30(37)20-36(25-12-8-21(3)9-13-25)42(39,40)27-16-14-26(41-5)15-17-27/h8-18,22,29H,6-7,19-20H2,1-5H3,(H,34,38)/t22-,29-/m1/s1. The average Bonchev–Trinajstić information content (AvgIpc) is 2.97. The van der Waals surface area contributed by atoms with Gasteiger partial charge in [-0.2, -0.15) is 0 Å². The van der Waals surface area contributed by atoms with Gasteiger partial charge in [0.25, 0.3) is 10.0 Å². The summed E-state index contributed by atoms with van der Waals surface area (Å²) in [6.45, 7) is 6.95. The van der Waals surface area contributed by atoms with Crippen LogP contribution in [0.4, 0.5) is 5.69 Å². The molecule has 0 aromatic heterocycles. The lowest BCUT2D eigenvalue weighted by atomic mass is 10.1. The van der Waals surface area contributed by atoms with Gasteiger partial charge in [0.2, 0.25) is 11.8 Å². The van der Waals surface area contributed by atoms with Crippen molar-refractivity contribution < 1.29 is 22.7 Å². The number of carbonyl (C=O) groups is 2. The molecule has 2 atom stereocenters. The molecular formula is C31H37Cl2N3O5S. The Labute approximate surface area is 258 Å². The fourth-order valence-electron chi connectivity index (χ4n) is 4.31. The number of halogens is 2. The van der Waals surface area contributed by atoms with Crippen molar-refractivity contribution in [3.63, 3.8) is 0 Å². The minimum atomic E-state index is -4.20. The van der Waals surface area contributed by atoms with Crippen molar-refractivity contribution in [2.24, 2.45) is 0 Å². The van der Waals surface area contributed by atoms with Gasteiger partial charge >= 0.3 is 0 Å². The molecule has 11 heteroatoms. The molecular weight excluding hydrogens is 597 g/mol. The molecule has 0 radical (unpaired) electrons. The van der Waals surface area contributed by atoms with E-state index in [0.717, 1.165) is 9.87 Å². The maximum Gasteiger partial charge on any atom is 0.264 e. The van der Waals surface area contributed by atoms with E-state index < -0.39 is 28.5 Å². The first-order chi connectivity index (χ1) is 19.9. The van der Waals surface area contributed by atoms with Gasteiger partial charge in [0.15, 0.2) is 0 Å². The Balaban J connectivity index is 2.08. The molecule has 3 aromatic carbocycles. The third kappa shape index (κ3) is 8.18. The number of anilines is 1. The summed E-state index contributed by atoms with van der Waals surface area (Å²) in [7, 11) is -2.71. The summed E-state index contributed by atoms with van der Waals surface area (Å²) in [5, 5.41) is 3.72. The van der Waals surface area contributed by atoms with Crippen LogP contribution >= 0.6 is 23.2 Å². The lowest BCUT2D eigenvalue weighted by molar-refractivity contribution is -0.140. The first kappa shape index (κ1) is 33.2. The van der Waals surface area contributed by atoms with Gasteiger partial charge in [-0.15, -0.1) is 0 Å². The molecule has 0 bridgehead atoms. The van der Waals surface area contributed by atoms with Crippen LogP contribution in [0.1, 0.15) is 44.7 Å². The zero-order valence-corrected chi connectivity index (χ0v) is 26.8. The molecule has 0 spiro atoms. The molecule has 0 unspecified atom stereocenters. The van der Waals surface area contributed by atoms with Gasteiger partial charge in [0.05, 0.1) is 17.7 Å². The molecule has 0 fully saturated rings. The zero-order valence-electron chi connectivity index (χ0n) is 24.4. The lowest BCUT2D eigenvalue weighted by Gasteiger charge is -2.34. The molecule has 0 aliphatic heterocycles. The number of aryl methyl sites for hydroxylation is 1. The van der Waals surface area contributed by atoms with E-state index in [9.17, 15) is 18.0 Å². The molecule has 0 aliphatic rings. The van der Waals surface area contributed by atoms with Crippen LogP contribution in [0.2, 0.25) is 10.0 Å². The van der Waals surface area contributed by atoms with Crippen molar-refractivity contribution in [2.75, 3.05) is 18.0 Å². The number of nitrogens with one attached hydrogen (secondary N) is 1. The number of rotatable bonds is 13. The number of hydrogen-bond acceptors (Lipinski definition) is 5. The Bertz CT molecular complexity index is 1480. The van der Waals surface area contributed by atoms with Crippen LogP contribution in [0.15, 0.2) is 71.6 Å². The van der Waals surface area contributed by atoms with E-state index in [0.29, 0.717) is 39.9 Å². The Morgan fingerprint density at radius 1 is 0.952 bits per heavy atom. The molecule has 1 N–H and O–H groups in total. The quantitative estimate of drug-likeness (QED) is 0.241. The summed E-state index contributed by atoms with van der Waals surface area (Å²) in [4.78, 5) is 28.9. The summed E-state index contributed by atoms with van der Waals surface area (Å²) >= 11 is 12.6. The van der Waals surface area contributed by atoms with Crippen molar-refractivity contribution in [3.05, 3.63) is 87.9 Å². The zero-order chi connectivity index (χ0) is 31.0. The highest BCUT2D eigenvalue weighted by Gasteiger charge is 2.34. The van der Waals surface area contributed by atoms with Crippen molar-refractivity contribution in [1.82, 2.24) is 10.2 Å². The maximum absolute atomic E-state index is 14.2. The third-order valence-electron chi connectivity index (χ3n) is 6.99. The summed E-state index contributed by atoms with van der Waals surface area (Å²) < 4.78 is 34.2. The van der Waals surface area contributed by atoms with E-state index in [1.54, 1.807) is 61.5 Å². The minimum absolute atomic E-state index is 0.00877. The summed E-state index contributed by atoms with van der Waals surface area (Å²) in [5.41, 5.74) is 1.81. The molecule has 8 nitrogen and oxygen atoms in total. The van der Waals surface area contributed by atoms with E-state index in [-0.39, 0.29) is 23.4 Å². The second kappa shape index (κ2) is 14.8. The molecule has 3 aromatic rings. The van der Waals surface area contributed by atoms with E-state index in [1.165, 1.54) is 24.1 Å². The van der Waals surface area contributed by atoms with Gasteiger partial charge in [-0.1, -0.05) is 60.8 Å². The Morgan fingerprint density at radius 2 is 1.60 bits per heavy atom. The van der Waals surface area contributed by atoms with Gasteiger partial charge in [-0.05, 0) is 80.8 Å². The monoisotopic (exact) mass is 633 g/mol. The Morgan fingerprint density at radius 3 is 2.14 bits per heavy atom. The second-order valence-electron chi connectivity index (χ2n) is 10.0. The predicted octanol–water partition coefficient (Wildman–Crippen LogP) is 6.23. The highest BCUT2D eigenvalue weighted by molar-refractivity contribution is 7.92. The number of hydrogen-bond donors (Lipinski definition) is 1. The molecule has 0 heterocycles. The molecule has 0 saturated heterocycles. The predicted molar refractivity (Wildman–Crippen MR) is 168 cm³/mol. The maximum atomic E-state index is 14.2. The SMILES string of the molecule is CC[C@@H](C)NC(=O)[C@@H](CC)N(Cc1ccc(Cl)cc1Cl)C(=O)CN(c1ccc(C)cc1)S(=O)(=O)c1ccc(OC)cc1. The largest absolute Gasteiger partial charge is 0.497 e. The van der Waals surface area contributed by atoms with E-state index in [1.807, 2.05) is 20.8 Å². The average molecular weight is 635 g/mol. The first-order valence-corrected chi connectivity index (χ1v) is 15.9. The number of benzene rings is 3. The van der Waals surface area contributed by atoms with Crippen LogP contribution in [0.3, 0.4) is 0 Å². The lowest BCUT2D eigenvalue weighted by Crippen LogP contribution is -2.53. The van der Waals surface area contributed by atoms with Crippen LogP contribution in [0.25, 0.3) is 0 Å². The molecule has 2 amide bonds. The molecule has 0 aliphatic carbocycles. The van der Waals surface area contributed by atoms with Crippen molar-refractivity contribution >= 4 is 50.7 Å². The van der Waals surface area contributed by atoms with Crippen LogP contribution in [0, 0.1) is 6.92 Å². The van der Waals surface area contributed by atoms with Crippen LogP contribution < -0.4 is 14.4 Å². The number of nitrogens with zero attached hydrogens (tertiary/aromatic N) is 2. The fraction of sp³-hybridized carbons (Fsp3) is 0.355. The Kier molecular flexibility index (Phi) is 11.7. The van der Waals surface area contributed by atoms with E-state index in [4.69, 9.17) is 27.9 Å². The van der Waals surface area contributed by atoms with E-state index >= 15 is 0 Å². The topological polar surface area (TPSA) is 96.0 Å². The van der Waals surface area contributed by atoms with Gasteiger partial charge in [-0.3, -0.25) is 13.9 Å². The number of methoxy groups -OCH3 is 1. The van der Waals surface area contributed by atoms with Crippen LogP contribution in [-0.2, 0) is 26.2 Å². The van der Waals surface area contributed by atoms with Crippen molar-refractivity contribution in [2.45, 2.75) is 64.1 Å². The molecule has 0 saturated carbocycles. The van der Waals surface area contributed by atoms with E-state index in [2.05, 4.69) is 5.32 Å². The molecule has 226 valence electrons. The number of carbonyl (C=O) groups excluding carboxylic acids is 2. The van der Waals surface area contributed by atoms with Crippen molar-refractivity contribution in [1.29, 1.82) is 0 Å². The third-order valence-corrected chi connectivity index (χ3v) is 9.37. The van der Waals surface area contributed by atoms with Gasteiger partial charge < -0.3 is 15.0 Å².